The Morgan fingerprint density at radius 1 is 1.41 bits per heavy atom. The molecule has 0 N–H and O–H groups in total. The Balaban J connectivity index is 2.36. The number of Topliss-reactive ketones (excluding diaryl/α,β-unsaturated/α-hetero) is 1. The van der Waals surface area contributed by atoms with Gasteiger partial charge in [0.15, 0.2) is 5.78 Å². The second-order valence-electron chi connectivity index (χ2n) is 4.17. The number of hydrogen-bond acceptors (Lipinski definition) is 3. The van der Waals surface area contributed by atoms with Crippen LogP contribution >= 0.6 is 0 Å². The molecular formula is C13H19FO3. The molecule has 0 radical (unpaired) electrons. The van der Waals surface area contributed by atoms with Crippen molar-refractivity contribution in [1.29, 1.82) is 0 Å². The van der Waals surface area contributed by atoms with Crippen LogP contribution in [0.5, 0.6) is 0 Å². The molecular weight excluding hydrogens is 223 g/mol. The molecule has 1 aliphatic rings. The van der Waals surface area contributed by atoms with Gasteiger partial charge >= 0.3 is 5.97 Å². The van der Waals surface area contributed by atoms with Gasteiger partial charge in [0, 0.05) is 6.42 Å². The second-order valence-corrected chi connectivity index (χ2v) is 4.17. The lowest BCUT2D eigenvalue weighted by molar-refractivity contribution is -0.144. The van der Waals surface area contributed by atoms with E-state index in [0.717, 1.165) is 0 Å². The van der Waals surface area contributed by atoms with E-state index in [1.807, 2.05) is 6.08 Å². The van der Waals surface area contributed by atoms with Crippen molar-refractivity contribution < 1.29 is 18.7 Å². The number of carbonyl (C=O) groups excluding carboxylic acids is 2. The number of ketones is 1. The van der Waals surface area contributed by atoms with Gasteiger partial charge in [-0.2, -0.15) is 0 Å². The maximum absolute atomic E-state index is 13.1. The number of halogens is 1. The molecule has 0 bridgehead atoms. The summed E-state index contributed by atoms with van der Waals surface area (Å²) in [6, 6.07) is 0. The smallest absolute Gasteiger partial charge is 0.306 e. The summed E-state index contributed by atoms with van der Waals surface area (Å²) in [6.45, 7) is 2.06. The molecule has 1 atom stereocenters. The molecule has 0 saturated carbocycles. The summed E-state index contributed by atoms with van der Waals surface area (Å²) in [5, 5.41) is 0. The van der Waals surface area contributed by atoms with Crippen molar-refractivity contribution in [2.45, 2.75) is 51.6 Å². The van der Waals surface area contributed by atoms with Gasteiger partial charge < -0.3 is 4.74 Å². The van der Waals surface area contributed by atoms with Gasteiger partial charge in [-0.3, -0.25) is 9.59 Å². The Kier molecular flexibility index (Phi) is 5.87. The fourth-order valence-corrected chi connectivity index (χ4v) is 1.86. The Morgan fingerprint density at radius 2 is 2.18 bits per heavy atom. The molecule has 0 aromatic heterocycles. The number of esters is 1. The third kappa shape index (κ3) is 5.11. The van der Waals surface area contributed by atoms with Crippen molar-refractivity contribution in [3.63, 3.8) is 0 Å². The minimum absolute atomic E-state index is 0.0489. The lowest BCUT2D eigenvalue weighted by Crippen LogP contribution is -2.09. The highest BCUT2D eigenvalue weighted by molar-refractivity contribution is 5.96. The molecule has 1 unspecified atom stereocenters. The normalized spacial score (nSPS) is 20.4. The van der Waals surface area contributed by atoms with Gasteiger partial charge in [0.05, 0.1) is 13.0 Å². The Morgan fingerprint density at radius 3 is 2.88 bits per heavy atom. The molecule has 0 aromatic rings. The molecule has 17 heavy (non-hydrogen) atoms. The molecule has 0 aliphatic heterocycles. The van der Waals surface area contributed by atoms with Crippen LogP contribution in [-0.4, -0.2) is 24.5 Å². The minimum Gasteiger partial charge on any atom is -0.466 e. The largest absolute Gasteiger partial charge is 0.466 e. The fraction of sp³-hybridized carbons (Fsp3) is 0.692. The molecule has 0 fully saturated rings. The van der Waals surface area contributed by atoms with Crippen molar-refractivity contribution in [2.24, 2.45) is 0 Å². The zero-order chi connectivity index (χ0) is 12.7. The number of hydrogen-bond donors (Lipinski definition) is 0. The zero-order valence-corrected chi connectivity index (χ0v) is 10.2. The van der Waals surface area contributed by atoms with Crippen LogP contribution in [0.4, 0.5) is 4.39 Å². The van der Waals surface area contributed by atoms with Crippen LogP contribution in [0.1, 0.15) is 45.4 Å². The van der Waals surface area contributed by atoms with Gasteiger partial charge in [-0.15, -0.1) is 0 Å². The minimum atomic E-state index is -0.804. The van der Waals surface area contributed by atoms with Crippen LogP contribution in [0.2, 0.25) is 0 Å². The highest BCUT2D eigenvalue weighted by Crippen LogP contribution is 2.21. The molecule has 3 nitrogen and oxygen atoms in total. The summed E-state index contributed by atoms with van der Waals surface area (Å²) in [5.41, 5.74) is 0.675. The van der Waals surface area contributed by atoms with E-state index in [1.54, 1.807) is 6.92 Å². The van der Waals surface area contributed by atoms with Crippen LogP contribution in [0, 0.1) is 0 Å². The Hall–Kier alpha value is -1.19. The van der Waals surface area contributed by atoms with Crippen LogP contribution in [0.25, 0.3) is 0 Å². The van der Waals surface area contributed by atoms with E-state index in [4.69, 9.17) is 4.74 Å². The summed E-state index contributed by atoms with van der Waals surface area (Å²) >= 11 is 0. The Labute approximate surface area is 101 Å². The lowest BCUT2D eigenvalue weighted by Gasteiger charge is -2.05. The number of carbonyl (C=O) groups is 2. The molecule has 1 aliphatic carbocycles. The topological polar surface area (TPSA) is 43.4 Å². The molecule has 0 aromatic carbocycles. The van der Waals surface area contributed by atoms with Crippen LogP contribution in [-0.2, 0) is 14.3 Å². The average molecular weight is 242 g/mol. The van der Waals surface area contributed by atoms with Gasteiger partial charge in [0.25, 0.3) is 0 Å². The fourth-order valence-electron chi connectivity index (χ4n) is 1.86. The van der Waals surface area contributed by atoms with Crippen molar-refractivity contribution in [3.05, 3.63) is 11.6 Å². The predicted molar refractivity (Wildman–Crippen MR) is 62.3 cm³/mol. The highest BCUT2D eigenvalue weighted by Gasteiger charge is 2.17. The third-order valence-corrected chi connectivity index (χ3v) is 2.82. The molecule has 4 heteroatoms. The summed E-state index contributed by atoms with van der Waals surface area (Å²) in [5.74, 6) is -0.398. The first-order valence-electron chi connectivity index (χ1n) is 6.15. The maximum Gasteiger partial charge on any atom is 0.306 e. The lowest BCUT2D eigenvalue weighted by atomic mass is 10.0. The van der Waals surface area contributed by atoms with E-state index >= 15 is 0 Å². The summed E-state index contributed by atoms with van der Waals surface area (Å²) < 4.78 is 17.8. The number of allylic oxidation sites excluding steroid dienone is 2. The SMILES string of the molecule is CCOC(=O)CCC(=O)C1=CCCC(F)CC1. The van der Waals surface area contributed by atoms with Gasteiger partial charge in [-0.1, -0.05) is 6.08 Å². The molecule has 0 amide bonds. The van der Waals surface area contributed by atoms with E-state index in [0.29, 0.717) is 37.9 Å². The number of ether oxygens (including phenoxy) is 1. The van der Waals surface area contributed by atoms with Crippen molar-refractivity contribution in [3.8, 4) is 0 Å². The quantitative estimate of drug-likeness (QED) is 0.696. The Bertz CT molecular complexity index is 310. The van der Waals surface area contributed by atoms with Crippen molar-refractivity contribution >= 4 is 11.8 Å². The molecule has 0 spiro atoms. The van der Waals surface area contributed by atoms with E-state index in [2.05, 4.69) is 0 Å². The molecule has 0 heterocycles. The first-order valence-corrected chi connectivity index (χ1v) is 6.15. The van der Waals surface area contributed by atoms with Gasteiger partial charge in [0.2, 0.25) is 0 Å². The van der Waals surface area contributed by atoms with Crippen molar-refractivity contribution in [2.75, 3.05) is 6.61 Å². The van der Waals surface area contributed by atoms with Gasteiger partial charge in [-0.25, -0.2) is 4.39 Å². The first kappa shape index (κ1) is 13.9. The molecule has 96 valence electrons. The number of alkyl halides is 1. The van der Waals surface area contributed by atoms with E-state index in [1.165, 1.54) is 0 Å². The standard InChI is InChI=1S/C13H19FO3/c1-2-17-13(16)9-8-12(15)10-4-3-5-11(14)7-6-10/h4,11H,2-3,5-9H2,1H3. The average Bonchev–Trinajstić information content (AvgIpc) is 2.51. The van der Waals surface area contributed by atoms with Gasteiger partial charge in [0.1, 0.15) is 6.17 Å². The monoisotopic (exact) mass is 242 g/mol. The first-order chi connectivity index (χ1) is 8.13. The molecule has 1 rings (SSSR count). The highest BCUT2D eigenvalue weighted by atomic mass is 19.1. The summed E-state index contributed by atoms with van der Waals surface area (Å²) in [6.07, 6.45) is 3.30. The van der Waals surface area contributed by atoms with Crippen LogP contribution in [0.15, 0.2) is 11.6 Å². The van der Waals surface area contributed by atoms with E-state index in [-0.39, 0.29) is 24.6 Å². The second kappa shape index (κ2) is 7.20. The summed E-state index contributed by atoms with van der Waals surface area (Å²) in [7, 11) is 0. The third-order valence-electron chi connectivity index (χ3n) is 2.82. The van der Waals surface area contributed by atoms with E-state index < -0.39 is 6.17 Å². The maximum atomic E-state index is 13.1. The van der Waals surface area contributed by atoms with Crippen LogP contribution in [0.3, 0.4) is 0 Å². The zero-order valence-electron chi connectivity index (χ0n) is 10.2. The van der Waals surface area contributed by atoms with Crippen molar-refractivity contribution in [1.82, 2.24) is 0 Å². The number of rotatable bonds is 5. The van der Waals surface area contributed by atoms with E-state index in [9.17, 15) is 14.0 Å². The summed E-state index contributed by atoms with van der Waals surface area (Å²) in [4.78, 5) is 22.9. The van der Waals surface area contributed by atoms with Crippen LogP contribution < -0.4 is 0 Å². The molecule has 0 saturated heterocycles. The van der Waals surface area contributed by atoms with Gasteiger partial charge in [-0.05, 0) is 38.2 Å². The predicted octanol–water partition coefficient (Wildman–Crippen LogP) is 2.74.